The van der Waals surface area contributed by atoms with Crippen molar-refractivity contribution in [2.45, 2.75) is 38.4 Å². The van der Waals surface area contributed by atoms with Crippen LogP contribution in [0.3, 0.4) is 0 Å². The molecule has 4 nitrogen and oxygen atoms in total. The lowest BCUT2D eigenvalue weighted by Crippen LogP contribution is -2.42. The van der Waals surface area contributed by atoms with Gasteiger partial charge in [0.25, 0.3) is 0 Å². The highest BCUT2D eigenvalue weighted by molar-refractivity contribution is 7.80. The van der Waals surface area contributed by atoms with Crippen LogP contribution in [0.25, 0.3) is 5.57 Å². The first-order valence-corrected chi connectivity index (χ1v) is 12.4. The molecule has 0 spiro atoms. The smallest absolute Gasteiger partial charge is 0.174 e. The summed E-state index contributed by atoms with van der Waals surface area (Å²) in [6.45, 7) is 6.58. The Morgan fingerprint density at radius 2 is 1.79 bits per heavy atom. The second-order valence-electron chi connectivity index (χ2n) is 9.40. The number of nitrogens with zero attached hydrogens (tertiary/aromatic N) is 3. The molecule has 0 unspecified atom stereocenters. The number of hydrogen-bond acceptors (Lipinski definition) is 3. The van der Waals surface area contributed by atoms with Gasteiger partial charge < -0.3 is 15.1 Å². The van der Waals surface area contributed by atoms with Crippen molar-refractivity contribution in [2.75, 3.05) is 16.8 Å². The number of rotatable bonds is 3. The molecule has 5 rings (SSSR count). The van der Waals surface area contributed by atoms with Gasteiger partial charge in [-0.05, 0) is 92.7 Å². The third-order valence-corrected chi connectivity index (χ3v) is 7.75. The van der Waals surface area contributed by atoms with E-state index in [1.807, 2.05) is 42.5 Å². The maximum atomic E-state index is 7.04. The topological polar surface area (TPSA) is 31.4 Å². The number of thiocarbonyl (C=S) groups is 1. The van der Waals surface area contributed by atoms with E-state index in [1.54, 1.807) is 6.20 Å². The zero-order valence-electron chi connectivity index (χ0n) is 19.5. The van der Waals surface area contributed by atoms with Crippen LogP contribution >= 0.6 is 35.4 Å². The predicted octanol–water partition coefficient (Wildman–Crippen LogP) is 7.20. The molecule has 7 heteroatoms. The molecule has 0 bridgehead atoms. The average Bonchev–Trinajstić information content (AvgIpc) is 3.15. The molecular weight excluding hydrogens is 483 g/mol. The van der Waals surface area contributed by atoms with Crippen molar-refractivity contribution in [3.05, 3.63) is 93.7 Å². The van der Waals surface area contributed by atoms with Crippen molar-refractivity contribution in [1.29, 1.82) is 0 Å². The zero-order valence-corrected chi connectivity index (χ0v) is 21.8. The number of halogens is 2. The quantitative estimate of drug-likeness (QED) is 0.378. The average molecular weight is 510 g/mol. The lowest BCUT2D eigenvalue weighted by atomic mass is 9.86. The van der Waals surface area contributed by atoms with Crippen molar-refractivity contribution in [3.8, 4) is 0 Å². The highest BCUT2D eigenvalue weighted by atomic mass is 35.5. The Morgan fingerprint density at radius 3 is 2.47 bits per heavy atom. The SMILES string of the molecule is CC1=CC(C)(C)N(C)c2cc(Cl)c([C@@H]3[C@H](c4ccccn4)NC(=S)N3c3ccc(Cl)cc3)cc21. The van der Waals surface area contributed by atoms with Gasteiger partial charge in [0, 0.05) is 40.2 Å². The van der Waals surface area contributed by atoms with Gasteiger partial charge in [-0.2, -0.15) is 0 Å². The fourth-order valence-electron chi connectivity index (χ4n) is 4.97. The molecule has 174 valence electrons. The monoisotopic (exact) mass is 508 g/mol. The van der Waals surface area contributed by atoms with Crippen LogP contribution in [0.4, 0.5) is 11.4 Å². The number of nitrogens with one attached hydrogen (secondary N) is 1. The summed E-state index contributed by atoms with van der Waals surface area (Å²) in [7, 11) is 2.11. The fourth-order valence-corrected chi connectivity index (χ4v) is 5.71. The molecule has 2 aliphatic rings. The first kappa shape index (κ1) is 23.2. The highest BCUT2D eigenvalue weighted by Gasteiger charge is 2.42. The number of allylic oxidation sites excluding steroid dienone is 1. The first-order valence-electron chi connectivity index (χ1n) is 11.2. The van der Waals surface area contributed by atoms with Gasteiger partial charge in [-0.3, -0.25) is 4.98 Å². The van der Waals surface area contributed by atoms with Crippen LogP contribution in [0.5, 0.6) is 0 Å². The summed E-state index contributed by atoms with van der Waals surface area (Å²) in [5.41, 5.74) is 6.30. The van der Waals surface area contributed by atoms with E-state index in [0.717, 1.165) is 22.6 Å². The standard InChI is InChI=1S/C27H26Cl2N4S/c1-16-15-27(2,3)32(4)23-14-21(29)20(13-19(16)23)25-24(22-7-5-6-12-30-22)31-26(34)33(25)18-10-8-17(28)9-11-18/h5-15,24-25H,1-4H3,(H,31,34)/t24-,25+/m0/s1. The molecule has 1 aromatic heterocycles. The minimum Gasteiger partial charge on any atom is -0.365 e. The minimum atomic E-state index is -0.186. The fraction of sp³-hybridized carbons (Fsp3) is 0.259. The third-order valence-electron chi connectivity index (χ3n) is 6.86. The van der Waals surface area contributed by atoms with E-state index in [0.29, 0.717) is 15.2 Å². The maximum Gasteiger partial charge on any atom is 0.174 e. The van der Waals surface area contributed by atoms with Crippen LogP contribution < -0.4 is 15.1 Å². The molecule has 0 saturated carbocycles. The van der Waals surface area contributed by atoms with E-state index in [-0.39, 0.29) is 17.6 Å². The lowest BCUT2D eigenvalue weighted by Gasteiger charge is -2.41. The number of anilines is 2. The van der Waals surface area contributed by atoms with E-state index in [9.17, 15) is 0 Å². The molecular formula is C27H26Cl2N4S. The Hall–Kier alpha value is -2.60. The number of likely N-dealkylation sites (N-methyl/N-ethyl adjacent to an activating group) is 1. The van der Waals surface area contributed by atoms with Gasteiger partial charge in [0.2, 0.25) is 0 Å². The molecule has 3 heterocycles. The summed E-state index contributed by atoms with van der Waals surface area (Å²) in [6, 6.07) is 17.6. The van der Waals surface area contributed by atoms with Gasteiger partial charge >= 0.3 is 0 Å². The largest absolute Gasteiger partial charge is 0.365 e. The van der Waals surface area contributed by atoms with Crippen molar-refractivity contribution < 1.29 is 0 Å². The highest BCUT2D eigenvalue weighted by Crippen LogP contribution is 2.47. The van der Waals surface area contributed by atoms with Crippen molar-refractivity contribution in [1.82, 2.24) is 10.3 Å². The predicted molar refractivity (Wildman–Crippen MR) is 147 cm³/mol. The van der Waals surface area contributed by atoms with Crippen LogP contribution in [0, 0.1) is 0 Å². The molecule has 0 amide bonds. The molecule has 1 saturated heterocycles. The maximum absolute atomic E-state index is 7.04. The molecule has 2 aromatic carbocycles. The molecule has 2 aliphatic heterocycles. The molecule has 1 N–H and O–H groups in total. The van der Waals surface area contributed by atoms with E-state index in [1.165, 1.54) is 11.1 Å². The van der Waals surface area contributed by atoms with Crippen LogP contribution in [0.15, 0.2) is 66.9 Å². The first-order chi connectivity index (χ1) is 16.2. The van der Waals surface area contributed by atoms with E-state index < -0.39 is 0 Å². The normalized spacial score (nSPS) is 21.2. The Balaban J connectivity index is 1.70. The number of hydrogen-bond donors (Lipinski definition) is 1. The van der Waals surface area contributed by atoms with Gasteiger partial charge in [0.15, 0.2) is 5.11 Å². The van der Waals surface area contributed by atoms with Gasteiger partial charge in [0.05, 0.1) is 23.3 Å². The van der Waals surface area contributed by atoms with Crippen LogP contribution in [0.1, 0.15) is 49.7 Å². The second-order valence-corrected chi connectivity index (χ2v) is 10.6. The molecule has 1 fully saturated rings. The number of pyridine rings is 1. The Morgan fingerprint density at radius 1 is 1.06 bits per heavy atom. The molecule has 0 radical (unpaired) electrons. The Labute approximate surface area is 216 Å². The van der Waals surface area contributed by atoms with Crippen LogP contribution in [-0.4, -0.2) is 22.7 Å². The van der Waals surface area contributed by atoms with Gasteiger partial charge in [-0.15, -0.1) is 0 Å². The molecule has 3 aromatic rings. The van der Waals surface area contributed by atoms with Crippen LogP contribution in [-0.2, 0) is 0 Å². The van der Waals surface area contributed by atoms with Gasteiger partial charge in [-0.1, -0.05) is 35.3 Å². The summed E-state index contributed by atoms with van der Waals surface area (Å²) in [5, 5.41) is 5.51. The molecule has 2 atom stereocenters. The van der Waals surface area contributed by atoms with E-state index in [4.69, 9.17) is 35.4 Å². The number of benzene rings is 2. The van der Waals surface area contributed by atoms with E-state index in [2.05, 4.69) is 66.1 Å². The summed E-state index contributed by atoms with van der Waals surface area (Å²) in [6.07, 6.45) is 4.11. The summed E-state index contributed by atoms with van der Waals surface area (Å²) in [5.74, 6) is 0. The summed E-state index contributed by atoms with van der Waals surface area (Å²) >= 11 is 19.1. The third kappa shape index (κ3) is 3.86. The molecule has 34 heavy (non-hydrogen) atoms. The zero-order chi connectivity index (χ0) is 24.2. The summed E-state index contributed by atoms with van der Waals surface area (Å²) in [4.78, 5) is 9.04. The second kappa shape index (κ2) is 8.56. The van der Waals surface area contributed by atoms with Gasteiger partial charge in [0.1, 0.15) is 0 Å². The van der Waals surface area contributed by atoms with E-state index >= 15 is 0 Å². The Kier molecular flexibility index (Phi) is 5.83. The summed E-state index contributed by atoms with van der Waals surface area (Å²) < 4.78 is 0. The van der Waals surface area contributed by atoms with Gasteiger partial charge in [-0.25, -0.2) is 0 Å². The van der Waals surface area contributed by atoms with Crippen LogP contribution in [0.2, 0.25) is 10.0 Å². The lowest BCUT2D eigenvalue weighted by molar-refractivity contribution is 0.567. The van der Waals surface area contributed by atoms with Crippen molar-refractivity contribution in [3.63, 3.8) is 0 Å². The minimum absolute atomic E-state index is 0.0930. The molecule has 0 aliphatic carbocycles. The van der Waals surface area contributed by atoms with Crippen molar-refractivity contribution >= 4 is 57.5 Å². The number of aromatic nitrogens is 1. The Bertz CT molecular complexity index is 1290. The number of fused-ring (bicyclic) bond motifs is 1. The van der Waals surface area contributed by atoms with Crippen molar-refractivity contribution in [2.24, 2.45) is 0 Å².